The van der Waals surface area contributed by atoms with Crippen molar-refractivity contribution in [3.05, 3.63) is 99.1 Å². The lowest BCUT2D eigenvalue weighted by molar-refractivity contribution is 0.102. The maximum absolute atomic E-state index is 15.2. The van der Waals surface area contributed by atoms with Gasteiger partial charge in [-0.25, -0.2) is 13.8 Å². The summed E-state index contributed by atoms with van der Waals surface area (Å²) in [5.74, 6) is -1.22. The van der Waals surface area contributed by atoms with Crippen molar-refractivity contribution in [1.29, 1.82) is 0 Å². The van der Waals surface area contributed by atoms with Crippen LogP contribution in [0.4, 0.5) is 14.5 Å². The van der Waals surface area contributed by atoms with E-state index in [0.717, 1.165) is 6.07 Å². The van der Waals surface area contributed by atoms with Crippen molar-refractivity contribution in [1.82, 2.24) is 15.0 Å². The number of aromatic nitrogens is 3. The molecule has 2 aromatic carbocycles. The van der Waals surface area contributed by atoms with Gasteiger partial charge in [-0.3, -0.25) is 14.6 Å². The predicted octanol–water partition coefficient (Wildman–Crippen LogP) is 6.50. The largest absolute Gasteiger partial charge is 0.491 e. The molecule has 3 aromatic heterocycles. The number of anilines is 1. The van der Waals surface area contributed by atoms with E-state index in [0.29, 0.717) is 45.7 Å². The van der Waals surface area contributed by atoms with Crippen LogP contribution in [0.25, 0.3) is 22.2 Å². The number of methoxy groups -OCH3 is 2. The lowest BCUT2D eigenvalue weighted by atomic mass is 9.95. The van der Waals surface area contributed by atoms with Crippen LogP contribution < -0.4 is 25.0 Å². The maximum atomic E-state index is 15.2. The molecule has 0 bridgehead atoms. The first-order valence-corrected chi connectivity index (χ1v) is 13.3. The summed E-state index contributed by atoms with van der Waals surface area (Å²) in [7, 11) is 2.92. The third-order valence-electron chi connectivity index (χ3n) is 6.94. The molecule has 0 aliphatic heterocycles. The summed E-state index contributed by atoms with van der Waals surface area (Å²) in [6, 6.07) is 11.2. The highest BCUT2D eigenvalue weighted by molar-refractivity contribution is 6.05. The molecule has 2 N–H and O–H groups in total. The van der Waals surface area contributed by atoms with E-state index < -0.39 is 23.0 Å². The normalized spacial score (nSPS) is 11.0. The molecule has 3 heterocycles. The number of amides is 1. The van der Waals surface area contributed by atoms with Crippen molar-refractivity contribution in [2.45, 2.75) is 27.2 Å². The third-order valence-corrected chi connectivity index (χ3v) is 6.94. The zero-order valence-corrected chi connectivity index (χ0v) is 24.1. The number of hydrogen-bond donors (Lipinski definition) is 2. The number of nitrogens with zero attached hydrogens (tertiary/aromatic N) is 2. The molecular formula is C32H28F2N4O5. The molecule has 11 heteroatoms. The van der Waals surface area contributed by atoms with Crippen LogP contribution in [0.1, 0.15) is 34.2 Å². The minimum absolute atomic E-state index is 0.105. The van der Waals surface area contributed by atoms with E-state index in [-0.39, 0.29) is 34.2 Å². The van der Waals surface area contributed by atoms with Crippen molar-refractivity contribution < 1.29 is 27.8 Å². The number of hydrogen-bond acceptors (Lipinski definition) is 7. The van der Waals surface area contributed by atoms with Crippen LogP contribution in [0, 0.1) is 25.5 Å². The van der Waals surface area contributed by atoms with Crippen molar-refractivity contribution in [3.63, 3.8) is 0 Å². The van der Waals surface area contributed by atoms with Gasteiger partial charge in [0.2, 0.25) is 5.43 Å². The Hall–Kier alpha value is -5.32. The quantitative estimate of drug-likeness (QED) is 0.213. The Morgan fingerprint density at radius 3 is 2.44 bits per heavy atom. The highest BCUT2D eigenvalue weighted by atomic mass is 19.1. The fourth-order valence-corrected chi connectivity index (χ4v) is 4.88. The second-order valence-electron chi connectivity index (χ2n) is 9.70. The van der Waals surface area contributed by atoms with Gasteiger partial charge in [0.25, 0.3) is 11.8 Å². The standard InChI is InChI=1S/C32H28F2N4O5/c1-6-22-28(30(39)27(17(3)36-22)20-9-7-18(33)13-16(20)2)31(40)37-19-8-10-24(21(34)14-19)43-25-11-12-35-23-15-26(41-4)32(42-5)38-29(23)25/h7-15H,6H2,1-5H3,(H,36,39)(H,37,40). The van der Waals surface area contributed by atoms with Crippen molar-refractivity contribution in [2.75, 3.05) is 19.5 Å². The molecule has 0 saturated heterocycles. The van der Waals surface area contributed by atoms with E-state index in [1.165, 1.54) is 56.8 Å². The third kappa shape index (κ3) is 5.61. The van der Waals surface area contributed by atoms with E-state index in [1.807, 2.05) is 0 Å². The highest BCUT2D eigenvalue weighted by Gasteiger charge is 2.23. The smallest absolute Gasteiger partial charge is 0.261 e. The molecule has 5 rings (SSSR count). The summed E-state index contributed by atoms with van der Waals surface area (Å²) in [6.45, 7) is 5.22. The zero-order valence-electron chi connectivity index (χ0n) is 24.1. The van der Waals surface area contributed by atoms with Gasteiger partial charge < -0.3 is 24.5 Å². The molecule has 0 aliphatic rings. The second-order valence-corrected chi connectivity index (χ2v) is 9.70. The van der Waals surface area contributed by atoms with Gasteiger partial charge in [-0.1, -0.05) is 13.0 Å². The number of benzene rings is 2. The molecule has 1 amide bonds. The molecule has 0 atom stereocenters. The number of carbonyl (C=O) groups excluding carboxylic acids is 1. The van der Waals surface area contributed by atoms with E-state index in [4.69, 9.17) is 14.2 Å². The van der Waals surface area contributed by atoms with Crippen LogP contribution >= 0.6 is 0 Å². The lowest BCUT2D eigenvalue weighted by Gasteiger charge is -2.15. The Morgan fingerprint density at radius 2 is 1.77 bits per heavy atom. The van der Waals surface area contributed by atoms with E-state index in [2.05, 4.69) is 20.3 Å². The topological polar surface area (TPSA) is 115 Å². The van der Waals surface area contributed by atoms with Gasteiger partial charge in [-0.15, -0.1) is 0 Å². The number of halogens is 2. The summed E-state index contributed by atoms with van der Waals surface area (Å²) in [6.07, 6.45) is 1.86. The monoisotopic (exact) mass is 586 g/mol. The maximum Gasteiger partial charge on any atom is 0.261 e. The Labute approximate surface area is 245 Å². The lowest BCUT2D eigenvalue weighted by Crippen LogP contribution is -2.27. The van der Waals surface area contributed by atoms with Crippen LogP contribution in [-0.2, 0) is 6.42 Å². The SMILES string of the molecule is CCc1[nH]c(C)c(-c2ccc(F)cc2C)c(=O)c1C(=O)Nc1ccc(Oc2ccnc3cc(OC)c(OC)nc23)c(F)c1. The number of nitrogens with one attached hydrogen (secondary N) is 2. The Morgan fingerprint density at radius 1 is 0.977 bits per heavy atom. The molecule has 220 valence electrons. The first-order valence-electron chi connectivity index (χ1n) is 13.3. The van der Waals surface area contributed by atoms with E-state index >= 15 is 4.39 Å². The zero-order chi connectivity index (χ0) is 30.8. The number of aryl methyl sites for hydroxylation is 3. The number of pyridine rings is 3. The van der Waals surface area contributed by atoms with Crippen molar-refractivity contribution in [3.8, 4) is 34.3 Å². The molecule has 0 spiro atoms. The van der Waals surface area contributed by atoms with Gasteiger partial charge in [-0.2, -0.15) is 0 Å². The summed E-state index contributed by atoms with van der Waals surface area (Å²) in [4.78, 5) is 38.9. The summed E-state index contributed by atoms with van der Waals surface area (Å²) in [5, 5.41) is 2.62. The Balaban J connectivity index is 1.45. The molecule has 0 saturated carbocycles. The average molecular weight is 587 g/mol. The fraction of sp³-hybridized carbons (Fsp3) is 0.188. The van der Waals surface area contributed by atoms with Crippen LogP contribution in [0.2, 0.25) is 0 Å². The Kier molecular flexibility index (Phi) is 8.07. The molecule has 5 aromatic rings. The molecule has 0 fully saturated rings. The van der Waals surface area contributed by atoms with Gasteiger partial charge in [0.15, 0.2) is 23.1 Å². The van der Waals surface area contributed by atoms with Crippen LogP contribution in [-0.4, -0.2) is 35.1 Å². The van der Waals surface area contributed by atoms with Gasteiger partial charge in [0.05, 0.1) is 19.7 Å². The minimum Gasteiger partial charge on any atom is -0.491 e. The van der Waals surface area contributed by atoms with E-state index in [9.17, 15) is 14.0 Å². The second kappa shape index (κ2) is 11.9. The highest BCUT2D eigenvalue weighted by Crippen LogP contribution is 2.35. The molecule has 9 nitrogen and oxygen atoms in total. The summed E-state index contributed by atoms with van der Waals surface area (Å²) < 4.78 is 45.3. The summed E-state index contributed by atoms with van der Waals surface area (Å²) >= 11 is 0. The van der Waals surface area contributed by atoms with Crippen LogP contribution in [0.5, 0.6) is 23.1 Å². The van der Waals surface area contributed by atoms with Crippen molar-refractivity contribution >= 4 is 22.6 Å². The molecule has 43 heavy (non-hydrogen) atoms. The summed E-state index contributed by atoms with van der Waals surface area (Å²) in [5.41, 5.74) is 2.58. The number of ether oxygens (including phenoxy) is 3. The predicted molar refractivity (Wildman–Crippen MR) is 158 cm³/mol. The van der Waals surface area contributed by atoms with Crippen LogP contribution in [0.3, 0.4) is 0 Å². The minimum atomic E-state index is -0.764. The number of aromatic amines is 1. The van der Waals surface area contributed by atoms with E-state index in [1.54, 1.807) is 26.8 Å². The molecule has 0 aliphatic carbocycles. The van der Waals surface area contributed by atoms with Gasteiger partial charge >= 0.3 is 0 Å². The molecular weight excluding hydrogens is 558 g/mol. The Bertz CT molecular complexity index is 1940. The molecule has 0 unspecified atom stereocenters. The fourth-order valence-electron chi connectivity index (χ4n) is 4.88. The average Bonchev–Trinajstić information content (AvgIpc) is 2.98. The van der Waals surface area contributed by atoms with Gasteiger partial charge in [-0.05, 0) is 55.7 Å². The number of carbonyl (C=O) groups is 1. The molecule has 0 radical (unpaired) electrons. The van der Waals surface area contributed by atoms with Crippen LogP contribution in [0.15, 0.2) is 59.5 Å². The first-order chi connectivity index (χ1) is 20.6. The van der Waals surface area contributed by atoms with Gasteiger partial charge in [0.1, 0.15) is 16.9 Å². The first kappa shape index (κ1) is 29.2. The number of fused-ring (bicyclic) bond motifs is 1. The van der Waals surface area contributed by atoms with Gasteiger partial charge in [0, 0.05) is 47.0 Å². The number of H-pyrrole nitrogens is 1. The number of rotatable bonds is 8. The van der Waals surface area contributed by atoms with Crippen molar-refractivity contribution in [2.24, 2.45) is 0 Å².